The van der Waals surface area contributed by atoms with E-state index in [0.29, 0.717) is 24.7 Å². The predicted molar refractivity (Wildman–Crippen MR) is 92.7 cm³/mol. The van der Waals surface area contributed by atoms with Gasteiger partial charge in [-0.2, -0.15) is 0 Å². The maximum Gasteiger partial charge on any atom is 0.305 e. The number of carbonyl (C=O) groups is 2. The van der Waals surface area contributed by atoms with Crippen molar-refractivity contribution in [3.63, 3.8) is 0 Å². The summed E-state index contributed by atoms with van der Waals surface area (Å²) in [6.07, 6.45) is 7.11. The van der Waals surface area contributed by atoms with E-state index in [1.54, 1.807) is 0 Å². The summed E-state index contributed by atoms with van der Waals surface area (Å²) in [6.45, 7) is 12.1. The third-order valence-electron chi connectivity index (χ3n) is 2.96. The minimum Gasteiger partial charge on any atom is -0.469 e. The molecule has 0 saturated heterocycles. The van der Waals surface area contributed by atoms with E-state index in [1.807, 2.05) is 40.7 Å². The fourth-order valence-corrected chi connectivity index (χ4v) is 1.33. The van der Waals surface area contributed by atoms with Crippen molar-refractivity contribution in [2.45, 2.75) is 67.2 Å². The fourth-order valence-electron chi connectivity index (χ4n) is 1.33. The highest BCUT2D eigenvalue weighted by Gasteiger charge is 2.06. The zero-order valence-corrected chi connectivity index (χ0v) is 15.8. The average molecular weight is 316 g/mol. The van der Waals surface area contributed by atoms with Crippen LogP contribution in [0.5, 0.6) is 0 Å². The largest absolute Gasteiger partial charge is 0.469 e. The minimum absolute atomic E-state index is 0.107. The fraction of sp³-hybridized carbons (Fsp3) is 0.778. The molecule has 0 aromatic carbocycles. The number of hydrogen-bond acceptors (Lipinski definition) is 4. The van der Waals surface area contributed by atoms with E-state index in [-0.39, 0.29) is 11.9 Å². The predicted octanol–water partition coefficient (Wildman–Crippen LogP) is 4.77. The zero-order valence-electron chi connectivity index (χ0n) is 15.8. The van der Waals surface area contributed by atoms with E-state index < -0.39 is 0 Å². The van der Waals surface area contributed by atoms with Gasteiger partial charge < -0.3 is 9.47 Å². The lowest BCUT2D eigenvalue weighted by Crippen LogP contribution is -2.06. The first kappa shape index (κ1) is 25.6. The van der Waals surface area contributed by atoms with E-state index in [4.69, 9.17) is 0 Å². The van der Waals surface area contributed by atoms with Gasteiger partial charge in [-0.05, 0) is 25.2 Å². The summed E-state index contributed by atoms with van der Waals surface area (Å²) in [4.78, 5) is 21.3. The van der Waals surface area contributed by atoms with Crippen molar-refractivity contribution in [2.24, 2.45) is 11.8 Å². The van der Waals surface area contributed by atoms with Crippen LogP contribution in [0.15, 0.2) is 12.2 Å². The molecule has 2 unspecified atom stereocenters. The van der Waals surface area contributed by atoms with E-state index in [1.165, 1.54) is 14.2 Å². The van der Waals surface area contributed by atoms with Crippen molar-refractivity contribution in [3.8, 4) is 0 Å². The number of rotatable bonds is 7. The molecule has 0 aliphatic heterocycles. The van der Waals surface area contributed by atoms with Crippen LogP contribution >= 0.6 is 0 Å². The summed E-state index contributed by atoms with van der Waals surface area (Å²) in [5.74, 6) is 0.613. The summed E-state index contributed by atoms with van der Waals surface area (Å²) < 4.78 is 9.02. The van der Waals surface area contributed by atoms with Crippen LogP contribution in [0.2, 0.25) is 0 Å². The molecule has 0 aromatic rings. The molecule has 0 radical (unpaired) electrons. The lowest BCUT2D eigenvalue weighted by molar-refractivity contribution is -0.142. The van der Waals surface area contributed by atoms with Gasteiger partial charge in [0.15, 0.2) is 0 Å². The third-order valence-corrected chi connectivity index (χ3v) is 2.96. The van der Waals surface area contributed by atoms with Gasteiger partial charge in [0.05, 0.1) is 14.2 Å². The van der Waals surface area contributed by atoms with Crippen LogP contribution in [-0.4, -0.2) is 26.2 Å². The molecule has 0 saturated carbocycles. The van der Waals surface area contributed by atoms with Crippen LogP contribution in [0, 0.1) is 11.8 Å². The molecule has 0 spiro atoms. The van der Waals surface area contributed by atoms with E-state index in [2.05, 4.69) is 22.5 Å². The molecule has 0 amide bonds. The molecule has 0 fully saturated rings. The van der Waals surface area contributed by atoms with Crippen LogP contribution in [0.3, 0.4) is 0 Å². The first-order valence-electron chi connectivity index (χ1n) is 8.15. The highest BCUT2D eigenvalue weighted by molar-refractivity contribution is 5.69. The molecular formula is C18H36O4. The lowest BCUT2D eigenvalue weighted by atomic mass is 10.0. The maximum absolute atomic E-state index is 10.7. The number of methoxy groups -OCH3 is 2. The second kappa shape index (κ2) is 19.7. The highest BCUT2D eigenvalue weighted by Crippen LogP contribution is 2.08. The Morgan fingerprint density at radius 3 is 1.68 bits per heavy atom. The van der Waals surface area contributed by atoms with Gasteiger partial charge in [-0.3, -0.25) is 9.59 Å². The van der Waals surface area contributed by atoms with Gasteiger partial charge in [0.2, 0.25) is 0 Å². The van der Waals surface area contributed by atoms with Crippen molar-refractivity contribution in [1.82, 2.24) is 0 Å². The Kier molecular flexibility index (Phi) is 22.9. The Morgan fingerprint density at radius 2 is 1.36 bits per heavy atom. The molecule has 0 heterocycles. The number of allylic oxidation sites excluding steroid dienone is 2. The van der Waals surface area contributed by atoms with Crippen molar-refractivity contribution >= 4 is 11.9 Å². The van der Waals surface area contributed by atoms with Gasteiger partial charge in [-0.25, -0.2) is 0 Å². The molecule has 132 valence electrons. The molecular weight excluding hydrogens is 280 g/mol. The zero-order chi connectivity index (χ0) is 18.0. The average Bonchev–Trinajstić information content (AvgIpc) is 2.54. The number of hydrogen-bond donors (Lipinski definition) is 0. The van der Waals surface area contributed by atoms with Gasteiger partial charge in [-0.15, -0.1) is 0 Å². The van der Waals surface area contributed by atoms with Crippen LogP contribution in [0.1, 0.15) is 67.2 Å². The molecule has 4 heteroatoms. The molecule has 0 bridgehead atoms. The number of carbonyl (C=O) groups excluding carboxylic acids is 2. The van der Waals surface area contributed by atoms with Gasteiger partial charge in [-0.1, -0.05) is 53.2 Å². The SMILES string of the molecule is CC.CC=CCC(C)CC(=O)OC.CCC(C)CC(=O)OC. The molecule has 0 N–H and O–H groups in total. The maximum atomic E-state index is 10.7. The van der Waals surface area contributed by atoms with Gasteiger partial charge in [0, 0.05) is 12.8 Å². The summed E-state index contributed by atoms with van der Waals surface area (Å²) >= 11 is 0. The van der Waals surface area contributed by atoms with Crippen LogP contribution in [0.4, 0.5) is 0 Å². The molecule has 4 nitrogen and oxygen atoms in total. The molecule has 0 rings (SSSR count). The highest BCUT2D eigenvalue weighted by atomic mass is 16.5. The van der Waals surface area contributed by atoms with Gasteiger partial charge in [0.1, 0.15) is 0 Å². The molecule has 2 atom stereocenters. The van der Waals surface area contributed by atoms with Crippen molar-refractivity contribution in [3.05, 3.63) is 12.2 Å². The molecule has 0 aliphatic carbocycles. The molecule has 0 aliphatic rings. The van der Waals surface area contributed by atoms with E-state index in [9.17, 15) is 9.59 Å². The monoisotopic (exact) mass is 316 g/mol. The summed E-state index contributed by atoms with van der Waals surface area (Å²) in [6, 6.07) is 0. The van der Waals surface area contributed by atoms with Crippen LogP contribution in [-0.2, 0) is 19.1 Å². The normalized spacial score (nSPS) is 12.2. The standard InChI is InChI=1S/C9H16O2.C7H14O2.C2H6/c1-4-5-6-8(2)7-9(10)11-3;1-4-6(2)5-7(8)9-3;1-2/h4-5,8H,6-7H2,1-3H3;6H,4-5H2,1-3H3;1-2H3. The van der Waals surface area contributed by atoms with Crippen molar-refractivity contribution in [1.29, 1.82) is 0 Å². The topological polar surface area (TPSA) is 52.6 Å². The van der Waals surface area contributed by atoms with Crippen LogP contribution < -0.4 is 0 Å². The van der Waals surface area contributed by atoms with Crippen LogP contribution in [0.25, 0.3) is 0 Å². The molecule has 22 heavy (non-hydrogen) atoms. The first-order valence-corrected chi connectivity index (χ1v) is 8.15. The minimum atomic E-state index is -0.123. The summed E-state index contributed by atoms with van der Waals surface area (Å²) in [5, 5.41) is 0. The Bertz CT molecular complexity index is 285. The Hall–Kier alpha value is -1.32. The van der Waals surface area contributed by atoms with Gasteiger partial charge in [0.25, 0.3) is 0 Å². The Morgan fingerprint density at radius 1 is 0.955 bits per heavy atom. The lowest BCUT2D eigenvalue weighted by Gasteiger charge is -2.05. The Balaban J connectivity index is -0.000000299. The summed E-state index contributed by atoms with van der Waals surface area (Å²) in [5.41, 5.74) is 0. The smallest absolute Gasteiger partial charge is 0.305 e. The summed E-state index contributed by atoms with van der Waals surface area (Å²) in [7, 11) is 2.84. The van der Waals surface area contributed by atoms with E-state index >= 15 is 0 Å². The Labute approximate surface area is 137 Å². The number of esters is 2. The van der Waals surface area contributed by atoms with Gasteiger partial charge >= 0.3 is 11.9 Å². The second-order valence-electron chi connectivity index (χ2n) is 4.98. The number of ether oxygens (including phenoxy) is 2. The van der Waals surface area contributed by atoms with Crippen molar-refractivity contribution < 1.29 is 19.1 Å². The third kappa shape index (κ3) is 21.0. The first-order chi connectivity index (χ1) is 10.4. The molecule has 0 aromatic heterocycles. The second-order valence-corrected chi connectivity index (χ2v) is 4.98. The van der Waals surface area contributed by atoms with E-state index in [0.717, 1.165) is 12.8 Å². The van der Waals surface area contributed by atoms with Crippen molar-refractivity contribution in [2.75, 3.05) is 14.2 Å². The quantitative estimate of drug-likeness (QED) is 0.501.